The number of rotatable bonds is 4. The second-order valence-electron chi connectivity index (χ2n) is 4.06. The van der Waals surface area contributed by atoms with E-state index >= 15 is 0 Å². The van der Waals surface area contributed by atoms with Gasteiger partial charge < -0.3 is 5.11 Å². The van der Waals surface area contributed by atoms with E-state index in [-0.39, 0.29) is 12.5 Å². The maximum absolute atomic E-state index is 10.8. The van der Waals surface area contributed by atoms with Crippen molar-refractivity contribution in [3.63, 3.8) is 0 Å². The van der Waals surface area contributed by atoms with Crippen molar-refractivity contribution in [3.8, 4) is 0 Å². The van der Waals surface area contributed by atoms with Crippen LogP contribution >= 0.6 is 0 Å². The molecule has 1 aliphatic carbocycles. The number of hydrogen-bond acceptors (Lipinski definition) is 3. The van der Waals surface area contributed by atoms with Crippen LogP contribution in [0.5, 0.6) is 0 Å². The lowest BCUT2D eigenvalue weighted by Crippen LogP contribution is -2.15. The normalized spacial score (nSPS) is 23.5. The molecule has 4 nitrogen and oxygen atoms in total. The molecule has 1 aliphatic heterocycles. The first kappa shape index (κ1) is 11.1. The van der Waals surface area contributed by atoms with E-state index in [9.17, 15) is 4.91 Å². The Morgan fingerprint density at radius 2 is 2.44 bits per heavy atom. The number of fused-ring (bicyclic) bond motifs is 1. The number of aliphatic hydroxyl groups excluding tert-OH is 1. The van der Waals surface area contributed by atoms with Gasteiger partial charge in [0.2, 0.25) is 0 Å². The van der Waals surface area contributed by atoms with Crippen LogP contribution in [-0.4, -0.2) is 16.7 Å². The summed E-state index contributed by atoms with van der Waals surface area (Å²) in [6.45, 7) is 2.19. The molecule has 0 saturated heterocycles. The summed E-state index contributed by atoms with van der Waals surface area (Å²) in [6, 6.07) is 0. The third-order valence-electron chi connectivity index (χ3n) is 3.20. The summed E-state index contributed by atoms with van der Waals surface area (Å²) in [5.74, 6) is 0.241. The van der Waals surface area contributed by atoms with Crippen molar-refractivity contribution in [1.82, 2.24) is 5.01 Å². The second kappa shape index (κ2) is 4.61. The van der Waals surface area contributed by atoms with Gasteiger partial charge in [0.25, 0.3) is 0 Å². The average molecular weight is 220 g/mol. The minimum atomic E-state index is 0.119. The Morgan fingerprint density at radius 1 is 1.62 bits per heavy atom. The quantitative estimate of drug-likeness (QED) is 0.740. The van der Waals surface area contributed by atoms with Crippen LogP contribution in [0.3, 0.4) is 0 Å². The van der Waals surface area contributed by atoms with E-state index in [1.165, 1.54) is 10.6 Å². The number of aliphatic hydroxyl groups is 1. The largest absolute Gasteiger partial charge is 0.396 e. The summed E-state index contributed by atoms with van der Waals surface area (Å²) in [7, 11) is 0. The molecule has 0 aromatic rings. The van der Waals surface area contributed by atoms with E-state index in [1.807, 2.05) is 0 Å². The molecule has 86 valence electrons. The van der Waals surface area contributed by atoms with E-state index in [0.29, 0.717) is 6.42 Å². The Bertz CT molecular complexity index is 382. The maximum Gasteiger partial charge on any atom is 0.0616 e. The highest BCUT2D eigenvalue weighted by Gasteiger charge is 2.32. The monoisotopic (exact) mass is 220 g/mol. The molecule has 0 saturated carbocycles. The molecule has 2 rings (SSSR count). The lowest BCUT2D eigenvalue weighted by molar-refractivity contribution is 0.296. The molecule has 1 atom stereocenters. The van der Waals surface area contributed by atoms with Crippen LogP contribution in [0.1, 0.15) is 26.2 Å². The van der Waals surface area contributed by atoms with Gasteiger partial charge in [-0.3, -0.25) is 0 Å². The maximum atomic E-state index is 10.8. The first-order valence-electron chi connectivity index (χ1n) is 5.65. The average Bonchev–Trinajstić information content (AvgIpc) is 2.68. The first-order valence-corrected chi connectivity index (χ1v) is 5.65. The SMILES string of the molecule is CCC1=C2C(CC=C1)C(CCO)=CN2N=O. The zero-order valence-corrected chi connectivity index (χ0v) is 9.39. The van der Waals surface area contributed by atoms with Crippen LogP contribution in [0.15, 0.2) is 40.5 Å². The summed E-state index contributed by atoms with van der Waals surface area (Å²) in [5.41, 5.74) is 3.27. The standard InChI is InChI=1S/C12H16N2O2/c1-2-9-4-3-5-11-10(6-7-15)8-14(13-16)12(9)11/h3-4,8,11,15H,2,5-7H2,1H3. The molecular formula is C12H16N2O2. The Labute approximate surface area is 94.9 Å². The molecule has 1 N–H and O–H groups in total. The fourth-order valence-corrected chi connectivity index (χ4v) is 2.45. The predicted octanol–water partition coefficient (Wildman–Crippen LogP) is 2.49. The lowest BCUT2D eigenvalue weighted by Gasteiger charge is -2.22. The molecule has 0 aromatic heterocycles. The molecular weight excluding hydrogens is 204 g/mol. The van der Waals surface area contributed by atoms with Crippen LogP contribution in [0, 0.1) is 10.8 Å². The van der Waals surface area contributed by atoms with Crippen molar-refractivity contribution >= 4 is 0 Å². The van der Waals surface area contributed by atoms with Crippen molar-refractivity contribution < 1.29 is 5.11 Å². The Morgan fingerprint density at radius 3 is 3.06 bits per heavy atom. The number of nitrogens with zero attached hydrogens (tertiary/aromatic N) is 2. The zero-order chi connectivity index (χ0) is 11.5. The topological polar surface area (TPSA) is 52.9 Å². The van der Waals surface area contributed by atoms with Gasteiger partial charge in [-0.15, -0.1) is 4.91 Å². The lowest BCUT2D eigenvalue weighted by atomic mass is 9.86. The smallest absolute Gasteiger partial charge is 0.0616 e. The first-order chi connectivity index (χ1) is 7.81. The summed E-state index contributed by atoms with van der Waals surface area (Å²) in [6.07, 6.45) is 8.38. The molecule has 0 amide bonds. The summed E-state index contributed by atoms with van der Waals surface area (Å²) >= 11 is 0. The Balaban J connectivity index is 2.36. The summed E-state index contributed by atoms with van der Waals surface area (Å²) in [4.78, 5) is 10.8. The molecule has 0 bridgehead atoms. The van der Waals surface area contributed by atoms with Gasteiger partial charge in [0.05, 0.1) is 11.0 Å². The van der Waals surface area contributed by atoms with Gasteiger partial charge >= 0.3 is 0 Å². The zero-order valence-electron chi connectivity index (χ0n) is 9.39. The molecule has 0 radical (unpaired) electrons. The van der Waals surface area contributed by atoms with Gasteiger partial charge in [0.15, 0.2) is 0 Å². The molecule has 0 fully saturated rings. The molecule has 16 heavy (non-hydrogen) atoms. The minimum absolute atomic E-state index is 0.119. The van der Waals surface area contributed by atoms with E-state index in [4.69, 9.17) is 5.11 Å². The van der Waals surface area contributed by atoms with Crippen LogP contribution in [0.2, 0.25) is 0 Å². The number of allylic oxidation sites excluding steroid dienone is 4. The van der Waals surface area contributed by atoms with E-state index < -0.39 is 0 Å². The highest BCUT2D eigenvalue weighted by molar-refractivity contribution is 5.40. The van der Waals surface area contributed by atoms with Crippen molar-refractivity contribution in [2.75, 3.05) is 6.61 Å². The predicted molar refractivity (Wildman–Crippen MR) is 62.0 cm³/mol. The molecule has 0 aromatic carbocycles. The van der Waals surface area contributed by atoms with Crippen molar-refractivity contribution in [3.05, 3.63) is 40.1 Å². The highest BCUT2D eigenvalue weighted by Crippen LogP contribution is 2.41. The van der Waals surface area contributed by atoms with Crippen LogP contribution in [0.25, 0.3) is 0 Å². The molecule has 0 spiro atoms. The third-order valence-corrected chi connectivity index (χ3v) is 3.20. The highest BCUT2D eigenvalue weighted by atomic mass is 16.3. The molecule has 4 heteroatoms. The molecule has 1 heterocycles. The number of hydrogen-bond donors (Lipinski definition) is 1. The summed E-state index contributed by atoms with van der Waals surface area (Å²) < 4.78 is 0. The van der Waals surface area contributed by atoms with Gasteiger partial charge in [0.1, 0.15) is 0 Å². The van der Waals surface area contributed by atoms with Gasteiger partial charge in [-0.1, -0.05) is 19.1 Å². The van der Waals surface area contributed by atoms with Crippen molar-refractivity contribution in [1.29, 1.82) is 0 Å². The Hall–Kier alpha value is -1.42. The van der Waals surface area contributed by atoms with Crippen molar-refractivity contribution in [2.45, 2.75) is 26.2 Å². The fourth-order valence-electron chi connectivity index (χ4n) is 2.45. The van der Waals surface area contributed by atoms with Crippen LogP contribution in [0.4, 0.5) is 0 Å². The minimum Gasteiger partial charge on any atom is -0.396 e. The van der Waals surface area contributed by atoms with Crippen molar-refractivity contribution in [2.24, 2.45) is 11.2 Å². The van der Waals surface area contributed by atoms with Gasteiger partial charge in [-0.25, -0.2) is 5.01 Å². The van der Waals surface area contributed by atoms with E-state index in [1.54, 1.807) is 6.20 Å². The van der Waals surface area contributed by atoms with Crippen LogP contribution in [-0.2, 0) is 0 Å². The van der Waals surface area contributed by atoms with Crippen LogP contribution < -0.4 is 0 Å². The second-order valence-corrected chi connectivity index (χ2v) is 4.06. The molecule has 1 unspecified atom stereocenters. The van der Waals surface area contributed by atoms with E-state index in [2.05, 4.69) is 24.4 Å². The third kappa shape index (κ3) is 1.69. The van der Waals surface area contributed by atoms with E-state index in [0.717, 1.165) is 24.1 Å². The van der Waals surface area contributed by atoms with Gasteiger partial charge in [-0.05, 0) is 30.4 Å². The Kier molecular flexibility index (Phi) is 3.19. The molecule has 2 aliphatic rings. The summed E-state index contributed by atoms with van der Waals surface area (Å²) in [5, 5.41) is 13.5. The van der Waals surface area contributed by atoms with Gasteiger partial charge in [0, 0.05) is 18.7 Å². The van der Waals surface area contributed by atoms with Gasteiger partial charge in [-0.2, -0.15) is 0 Å². The fraction of sp³-hybridized carbons (Fsp3) is 0.500. The number of nitroso groups, excluding NO2 is 1.